The highest BCUT2D eigenvalue weighted by Gasteiger charge is 2.34. The minimum atomic E-state index is -0.824. The van der Waals surface area contributed by atoms with Gasteiger partial charge in [0.15, 0.2) is 0 Å². The molecule has 1 N–H and O–H groups in total. The first-order chi connectivity index (χ1) is 15.7. The molecule has 2 atom stereocenters. The number of likely N-dealkylation sites (tertiary alicyclic amines) is 1. The molecule has 174 valence electrons. The van der Waals surface area contributed by atoms with Crippen LogP contribution in [0.15, 0.2) is 48.9 Å². The van der Waals surface area contributed by atoms with E-state index in [4.69, 9.17) is 4.74 Å². The SMILES string of the molecule is CC(C)(C)OC(=O)NC(Cc1ccc(F)cc1)C(=O)N1CCC(c2ccnc3nccn23)C1. The molecule has 1 saturated heterocycles. The molecule has 1 aromatic carbocycles. The zero-order valence-corrected chi connectivity index (χ0v) is 19.0. The molecule has 1 aliphatic heterocycles. The molecule has 3 aromatic rings. The first kappa shape index (κ1) is 22.7. The van der Waals surface area contributed by atoms with Crippen molar-refractivity contribution in [1.29, 1.82) is 0 Å². The fourth-order valence-electron chi connectivity index (χ4n) is 4.11. The zero-order chi connectivity index (χ0) is 23.6. The van der Waals surface area contributed by atoms with Gasteiger partial charge in [-0.15, -0.1) is 0 Å². The van der Waals surface area contributed by atoms with E-state index in [0.29, 0.717) is 18.9 Å². The summed E-state index contributed by atoms with van der Waals surface area (Å²) in [7, 11) is 0. The van der Waals surface area contributed by atoms with Crippen LogP contribution in [-0.4, -0.2) is 56.0 Å². The lowest BCUT2D eigenvalue weighted by Crippen LogP contribution is -2.50. The largest absolute Gasteiger partial charge is 0.444 e. The minimum Gasteiger partial charge on any atom is -0.444 e. The summed E-state index contributed by atoms with van der Waals surface area (Å²) in [6.07, 6.45) is 5.66. The fourth-order valence-corrected chi connectivity index (χ4v) is 4.11. The maximum atomic E-state index is 13.5. The molecule has 3 heterocycles. The predicted molar refractivity (Wildman–Crippen MR) is 120 cm³/mol. The van der Waals surface area contributed by atoms with E-state index in [1.807, 2.05) is 16.7 Å². The molecule has 1 fully saturated rings. The van der Waals surface area contributed by atoms with E-state index in [1.165, 1.54) is 12.1 Å². The Balaban J connectivity index is 1.50. The molecule has 2 unspecified atom stereocenters. The second kappa shape index (κ2) is 9.17. The third-order valence-electron chi connectivity index (χ3n) is 5.60. The van der Waals surface area contributed by atoms with E-state index in [1.54, 1.807) is 50.2 Å². The number of benzene rings is 1. The molecule has 2 aromatic heterocycles. The molecule has 4 rings (SSSR count). The van der Waals surface area contributed by atoms with E-state index in [9.17, 15) is 14.0 Å². The predicted octanol–water partition coefficient (Wildman–Crippen LogP) is 3.32. The molecule has 33 heavy (non-hydrogen) atoms. The Morgan fingerprint density at radius 3 is 2.64 bits per heavy atom. The number of alkyl carbamates (subject to hydrolysis) is 1. The van der Waals surface area contributed by atoms with Crippen molar-refractivity contribution in [3.05, 3.63) is 66.0 Å². The maximum absolute atomic E-state index is 13.5. The lowest BCUT2D eigenvalue weighted by Gasteiger charge is -2.26. The monoisotopic (exact) mass is 453 g/mol. The Bertz CT molecular complexity index is 1140. The Morgan fingerprint density at radius 1 is 1.18 bits per heavy atom. The van der Waals surface area contributed by atoms with Crippen molar-refractivity contribution in [2.75, 3.05) is 13.1 Å². The maximum Gasteiger partial charge on any atom is 0.408 e. The van der Waals surface area contributed by atoms with Crippen molar-refractivity contribution in [2.45, 2.75) is 51.2 Å². The first-order valence-corrected chi connectivity index (χ1v) is 11.0. The van der Waals surface area contributed by atoms with Crippen LogP contribution in [0.1, 0.15) is 44.4 Å². The summed E-state index contributed by atoms with van der Waals surface area (Å²) >= 11 is 0. The van der Waals surface area contributed by atoms with Gasteiger partial charge < -0.3 is 15.0 Å². The number of nitrogens with zero attached hydrogens (tertiary/aromatic N) is 4. The van der Waals surface area contributed by atoms with Crippen LogP contribution < -0.4 is 5.32 Å². The second-order valence-electron chi connectivity index (χ2n) is 9.27. The summed E-state index contributed by atoms with van der Waals surface area (Å²) in [5, 5.41) is 2.72. The average Bonchev–Trinajstić information content (AvgIpc) is 3.42. The van der Waals surface area contributed by atoms with E-state index in [0.717, 1.165) is 17.7 Å². The Morgan fingerprint density at radius 2 is 1.91 bits per heavy atom. The quantitative estimate of drug-likeness (QED) is 0.640. The van der Waals surface area contributed by atoms with Gasteiger partial charge in [0.1, 0.15) is 17.5 Å². The van der Waals surface area contributed by atoms with Crippen molar-refractivity contribution in [3.63, 3.8) is 0 Å². The summed E-state index contributed by atoms with van der Waals surface area (Å²) in [6, 6.07) is 7.04. The minimum absolute atomic E-state index is 0.127. The number of fused-ring (bicyclic) bond motifs is 1. The van der Waals surface area contributed by atoms with Gasteiger partial charge >= 0.3 is 6.09 Å². The second-order valence-corrected chi connectivity index (χ2v) is 9.27. The van der Waals surface area contributed by atoms with Crippen molar-refractivity contribution >= 4 is 17.8 Å². The van der Waals surface area contributed by atoms with Gasteiger partial charge in [-0.1, -0.05) is 12.1 Å². The van der Waals surface area contributed by atoms with Gasteiger partial charge in [0.2, 0.25) is 11.7 Å². The summed E-state index contributed by atoms with van der Waals surface area (Å²) in [5.74, 6) is 0.204. The summed E-state index contributed by atoms with van der Waals surface area (Å²) in [6.45, 7) is 6.38. The molecule has 1 aliphatic rings. The van der Waals surface area contributed by atoms with Crippen LogP contribution in [-0.2, 0) is 16.0 Å². The van der Waals surface area contributed by atoms with E-state index >= 15 is 0 Å². The van der Waals surface area contributed by atoms with E-state index in [-0.39, 0.29) is 24.1 Å². The normalized spacial score (nSPS) is 17.2. The summed E-state index contributed by atoms with van der Waals surface area (Å²) in [5.41, 5.74) is 1.10. The van der Waals surface area contributed by atoms with Gasteiger partial charge in [-0.3, -0.25) is 9.20 Å². The molecule has 0 bridgehead atoms. The molecular weight excluding hydrogens is 425 g/mol. The van der Waals surface area contributed by atoms with Gasteiger partial charge in [0.05, 0.1) is 0 Å². The Kier molecular flexibility index (Phi) is 6.31. The van der Waals surface area contributed by atoms with Crippen LogP contribution in [0.2, 0.25) is 0 Å². The van der Waals surface area contributed by atoms with Crippen molar-refractivity contribution in [1.82, 2.24) is 24.6 Å². The zero-order valence-electron chi connectivity index (χ0n) is 19.0. The fraction of sp³-hybridized carbons (Fsp3) is 0.417. The molecule has 0 saturated carbocycles. The number of carbonyl (C=O) groups is 2. The Labute approximate surface area is 191 Å². The number of nitrogens with one attached hydrogen (secondary N) is 1. The van der Waals surface area contributed by atoms with Gasteiger partial charge in [0, 0.05) is 49.7 Å². The van der Waals surface area contributed by atoms with Crippen molar-refractivity contribution < 1.29 is 18.7 Å². The molecule has 0 aliphatic carbocycles. The number of halogens is 1. The number of imidazole rings is 1. The highest BCUT2D eigenvalue weighted by molar-refractivity contribution is 5.86. The Hall–Kier alpha value is -3.49. The number of hydrogen-bond donors (Lipinski definition) is 1. The molecule has 9 heteroatoms. The number of aromatic nitrogens is 3. The summed E-state index contributed by atoms with van der Waals surface area (Å²) in [4.78, 5) is 36.2. The van der Waals surface area contributed by atoms with Gasteiger partial charge in [0.25, 0.3) is 0 Å². The highest BCUT2D eigenvalue weighted by Crippen LogP contribution is 2.28. The van der Waals surface area contributed by atoms with Crippen molar-refractivity contribution in [3.8, 4) is 0 Å². The smallest absolute Gasteiger partial charge is 0.408 e. The van der Waals surface area contributed by atoms with Crippen LogP contribution in [0.4, 0.5) is 9.18 Å². The van der Waals surface area contributed by atoms with Crippen LogP contribution >= 0.6 is 0 Å². The molecular formula is C24H28FN5O3. The molecule has 0 spiro atoms. The van der Waals surface area contributed by atoms with Crippen LogP contribution in [0.3, 0.4) is 0 Å². The van der Waals surface area contributed by atoms with Crippen LogP contribution in [0.25, 0.3) is 5.78 Å². The molecule has 8 nitrogen and oxygen atoms in total. The lowest BCUT2D eigenvalue weighted by molar-refractivity contribution is -0.132. The van der Waals surface area contributed by atoms with Gasteiger partial charge in [-0.2, -0.15) is 0 Å². The number of carbonyl (C=O) groups excluding carboxylic acids is 2. The van der Waals surface area contributed by atoms with Crippen LogP contribution in [0, 0.1) is 5.82 Å². The van der Waals surface area contributed by atoms with Crippen molar-refractivity contribution in [2.24, 2.45) is 0 Å². The number of hydrogen-bond acceptors (Lipinski definition) is 5. The molecule has 2 amide bonds. The standard InChI is InChI=1S/C24H28FN5O3/c1-24(2,3)33-23(32)28-19(14-16-4-6-18(25)7-5-16)21(31)29-12-9-17(15-29)20-8-10-26-22-27-11-13-30(20)22/h4-8,10-11,13,17,19H,9,12,14-15H2,1-3H3,(H,28,32). The molecule has 0 radical (unpaired) electrons. The summed E-state index contributed by atoms with van der Waals surface area (Å²) < 4.78 is 20.6. The topological polar surface area (TPSA) is 88.8 Å². The average molecular weight is 454 g/mol. The van der Waals surface area contributed by atoms with E-state index in [2.05, 4.69) is 15.3 Å². The van der Waals surface area contributed by atoms with E-state index < -0.39 is 17.7 Å². The van der Waals surface area contributed by atoms with Crippen LogP contribution in [0.5, 0.6) is 0 Å². The third-order valence-corrected chi connectivity index (χ3v) is 5.60. The first-order valence-electron chi connectivity index (χ1n) is 11.0. The van der Waals surface area contributed by atoms with Gasteiger partial charge in [-0.25, -0.2) is 19.2 Å². The van der Waals surface area contributed by atoms with Gasteiger partial charge in [-0.05, 0) is 51.0 Å². The number of ether oxygens (including phenoxy) is 1. The third kappa shape index (κ3) is 5.47. The highest BCUT2D eigenvalue weighted by atomic mass is 19.1. The lowest BCUT2D eigenvalue weighted by atomic mass is 10.0. The number of rotatable bonds is 5. The number of amides is 2.